The molecular formula is C27H31N3O. The number of hydrogen-bond acceptors (Lipinski definition) is 3. The third-order valence-electron chi connectivity index (χ3n) is 7.27. The summed E-state index contributed by atoms with van der Waals surface area (Å²) in [5.41, 5.74) is 4.93. The van der Waals surface area contributed by atoms with Gasteiger partial charge in [0.05, 0.1) is 12.7 Å². The maximum Gasteiger partial charge on any atom is 0.179 e. The molecule has 3 atom stereocenters. The van der Waals surface area contributed by atoms with Gasteiger partial charge in [0.2, 0.25) is 0 Å². The first-order valence-electron chi connectivity index (χ1n) is 11.7. The first kappa shape index (κ1) is 20.2. The molecule has 1 saturated carbocycles. The molecular weight excluding hydrogens is 382 g/mol. The zero-order valence-corrected chi connectivity index (χ0v) is 18.1. The van der Waals surface area contributed by atoms with E-state index in [9.17, 15) is 5.26 Å². The third kappa shape index (κ3) is 4.34. The highest BCUT2D eigenvalue weighted by Gasteiger charge is 2.33. The summed E-state index contributed by atoms with van der Waals surface area (Å²) in [5.74, 6) is 1.19. The van der Waals surface area contributed by atoms with Crippen LogP contribution < -0.4 is 0 Å². The molecule has 1 fully saturated rings. The van der Waals surface area contributed by atoms with E-state index in [-0.39, 0.29) is 6.10 Å². The molecule has 0 bridgehead atoms. The van der Waals surface area contributed by atoms with Gasteiger partial charge in [0.15, 0.2) is 6.19 Å². The number of nitrogens with zero attached hydrogens (tertiary/aromatic N) is 2. The van der Waals surface area contributed by atoms with Crippen molar-refractivity contribution >= 4 is 10.9 Å². The Hall–Kier alpha value is -2.77. The van der Waals surface area contributed by atoms with Gasteiger partial charge in [-0.15, -0.1) is 0 Å². The zero-order valence-electron chi connectivity index (χ0n) is 18.1. The van der Waals surface area contributed by atoms with Gasteiger partial charge in [0.1, 0.15) is 0 Å². The minimum atomic E-state index is 0.0573. The van der Waals surface area contributed by atoms with Gasteiger partial charge in [0, 0.05) is 29.7 Å². The van der Waals surface area contributed by atoms with Crippen LogP contribution in [0.15, 0.2) is 54.6 Å². The van der Waals surface area contributed by atoms with Gasteiger partial charge in [-0.3, -0.25) is 0 Å². The number of aromatic amines is 1. The van der Waals surface area contributed by atoms with Crippen molar-refractivity contribution in [3.05, 3.63) is 71.4 Å². The predicted molar refractivity (Wildman–Crippen MR) is 123 cm³/mol. The number of nitriles is 1. The molecule has 4 heteroatoms. The molecule has 3 aromatic rings. The van der Waals surface area contributed by atoms with Crippen molar-refractivity contribution in [1.82, 2.24) is 9.88 Å². The average molecular weight is 414 g/mol. The molecule has 2 heterocycles. The highest BCUT2D eigenvalue weighted by molar-refractivity contribution is 5.84. The van der Waals surface area contributed by atoms with Crippen LogP contribution in [0.3, 0.4) is 0 Å². The Bertz CT molecular complexity index is 1050. The molecule has 0 spiro atoms. The Morgan fingerprint density at radius 1 is 1.00 bits per heavy atom. The van der Waals surface area contributed by atoms with Gasteiger partial charge in [-0.1, -0.05) is 67.8 Å². The number of aromatic nitrogens is 1. The van der Waals surface area contributed by atoms with Crippen LogP contribution in [0.5, 0.6) is 0 Å². The Morgan fingerprint density at radius 3 is 2.61 bits per heavy atom. The molecule has 1 aromatic heterocycles. The minimum absolute atomic E-state index is 0.0573. The number of hydrogen-bond donors (Lipinski definition) is 1. The zero-order chi connectivity index (χ0) is 21.0. The normalized spacial score (nSPS) is 24.2. The van der Waals surface area contributed by atoms with E-state index < -0.39 is 0 Å². The molecule has 0 radical (unpaired) electrons. The lowest BCUT2D eigenvalue weighted by molar-refractivity contribution is 0.00463. The van der Waals surface area contributed by atoms with Crippen molar-refractivity contribution in [2.24, 2.45) is 11.8 Å². The molecule has 2 aromatic carbocycles. The van der Waals surface area contributed by atoms with Crippen molar-refractivity contribution in [2.45, 2.75) is 51.2 Å². The minimum Gasteiger partial charge on any atom is -0.367 e. The van der Waals surface area contributed by atoms with Crippen molar-refractivity contribution in [1.29, 1.82) is 5.26 Å². The lowest BCUT2D eigenvalue weighted by Gasteiger charge is -2.37. The summed E-state index contributed by atoms with van der Waals surface area (Å²) < 4.78 is 6.65. The topological polar surface area (TPSA) is 52.0 Å². The number of H-pyrrole nitrogens is 1. The predicted octanol–water partition coefficient (Wildman–Crippen LogP) is 5.96. The molecule has 5 rings (SSSR count). The first-order valence-corrected chi connectivity index (χ1v) is 11.7. The van der Waals surface area contributed by atoms with E-state index in [0.29, 0.717) is 18.4 Å². The van der Waals surface area contributed by atoms with Crippen LogP contribution in [0, 0.1) is 23.3 Å². The summed E-state index contributed by atoms with van der Waals surface area (Å²) in [5, 5.41) is 11.0. The lowest BCUT2D eigenvalue weighted by atomic mass is 9.75. The molecule has 2 aliphatic rings. The molecule has 0 amide bonds. The van der Waals surface area contributed by atoms with Crippen molar-refractivity contribution in [2.75, 3.05) is 13.1 Å². The molecule has 31 heavy (non-hydrogen) atoms. The number of benzene rings is 2. The van der Waals surface area contributed by atoms with Crippen molar-refractivity contribution in [3.8, 4) is 6.19 Å². The second-order valence-corrected chi connectivity index (χ2v) is 9.18. The second-order valence-electron chi connectivity index (χ2n) is 9.18. The molecule has 1 aliphatic carbocycles. The summed E-state index contributed by atoms with van der Waals surface area (Å²) in [6.07, 6.45) is 9.47. The molecule has 3 unspecified atom stereocenters. The van der Waals surface area contributed by atoms with E-state index in [1.807, 2.05) is 4.90 Å². The van der Waals surface area contributed by atoms with Crippen molar-refractivity contribution in [3.63, 3.8) is 0 Å². The van der Waals surface area contributed by atoms with E-state index in [2.05, 4.69) is 65.8 Å². The molecule has 4 nitrogen and oxygen atoms in total. The Labute approximate surface area is 184 Å². The number of fused-ring (bicyclic) bond motifs is 4. The van der Waals surface area contributed by atoms with Gasteiger partial charge in [-0.05, 0) is 48.3 Å². The maximum absolute atomic E-state index is 9.78. The largest absolute Gasteiger partial charge is 0.367 e. The molecule has 0 saturated heterocycles. The summed E-state index contributed by atoms with van der Waals surface area (Å²) in [4.78, 5) is 5.72. The average Bonchev–Trinajstić information content (AvgIpc) is 3.19. The van der Waals surface area contributed by atoms with Crippen LogP contribution in [-0.2, 0) is 17.8 Å². The molecule has 1 aliphatic heterocycles. The summed E-state index contributed by atoms with van der Waals surface area (Å²) in [6.45, 7) is 2.30. The van der Waals surface area contributed by atoms with Crippen LogP contribution >= 0.6 is 0 Å². The van der Waals surface area contributed by atoms with Gasteiger partial charge in [-0.2, -0.15) is 5.26 Å². The number of nitrogens with one attached hydrogen (secondary N) is 1. The van der Waals surface area contributed by atoms with Gasteiger partial charge in [-0.25, -0.2) is 0 Å². The van der Waals surface area contributed by atoms with Gasteiger partial charge < -0.3 is 14.6 Å². The quantitative estimate of drug-likeness (QED) is 0.539. The van der Waals surface area contributed by atoms with Crippen LogP contribution in [0.25, 0.3) is 10.9 Å². The Morgan fingerprint density at radius 2 is 1.77 bits per heavy atom. The monoisotopic (exact) mass is 413 g/mol. The van der Waals surface area contributed by atoms with E-state index >= 15 is 0 Å². The Kier molecular flexibility index (Phi) is 5.95. The lowest BCUT2D eigenvalue weighted by Crippen LogP contribution is -2.35. The number of ether oxygens (including phenoxy) is 1. The van der Waals surface area contributed by atoms with Crippen molar-refractivity contribution < 1.29 is 4.74 Å². The summed E-state index contributed by atoms with van der Waals surface area (Å²) in [6, 6.07) is 19.0. The highest BCUT2D eigenvalue weighted by Crippen LogP contribution is 2.41. The van der Waals surface area contributed by atoms with E-state index in [1.54, 1.807) is 0 Å². The van der Waals surface area contributed by atoms with Gasteiger partial charge in [0.25, 0.3) is 0 Å². The Balaban J connectivity index is 1.52. The fourth-order valence-corrected chi connectivity index (χ4v) is 5.63. The molecule has 1 N–H and O–H groups in total. The number of rotatable bonds is 3. The SMILES string of the molecule is N#CN1CCc2c([nH]c3ccccc23)C(OCc2ccccc2)CC2CCCCC2C1. The highest BCUT2D eigenvalue weighted by atomic mass is 16.5. The van der Waals surface area contributed by atoms with E-state index in [1.165, 1.54) is 53.4 Å². The standard InChI is InChI=1S/C27H31N3O/c28-19-30-15-14-24-23-12-6-7-13-25(23)29-27(24)26(31-18-20-8-2-1-3-9-20)16-21-10-4-5-11-22(21)17-30/h1-3,6-9,12-13,21-22,26,29H,4-5,10-11,14-18H2. The summed E-state index contributed by atoms with van der Waals surface area (Å²) >= 11 is 0. The summed E-state index contributed by atoms with van der Waals surface area (Å²) in [7, 11) is 0. The smallest absolute Gasteiger partial charge is 0.179 e. The van der Waals surface area contributed by atoms with Crippen LogP contribution in [0.1, 0.15) is 55.0 Å². The maximum atomic E-state index is 9.78. The fraction of sp³-hybridized carbons (Fsp3) is 0.444. The fourth-order valence-electron chi connectivity index (χ4n) is 5.63. The first-order chi connectivity index (χ1) is 15.3. The third-order valence-corrected chi connectivity index (χ3v) is 7.27. The second kappa shape index (κ2) is 9.16. The number of para-hydroxylation sites is 1. The van der Waals surface area contributed by atoms with Crippen LogP contribution in [0.2, 0.25) is 0 Å². The van der Waals surface area contributed by atoms with E-state index in [4.69, 9.17) is 4.74 Å². The van der Waals surface area contributed by atoms with Crippen LogP contribution in [-0.4, -0.2) is 23.0 Å². The van der Waals surface area contributed by atoms with E-state index in [0.717, 1.165) is 25.9 Å². The molecule has 160 valence electrons. The van der Waals surface area contributed by atoms with Crippen LogP contribution in [0.4, 0.5) is 0 Å². The van der Waals surface area contributed by atoms with Gasteiger partial charge >= 0.3 is 0 Å².